The van der Waals surface area contributed by atoms with Crippen molar-refractivity contribution in [3.63, 3.8) is 0 Å². The summed E-state index contributed by atoms with van der Waals surface area (Å²) in [7, 11) is 0. The van der Waals surface area contributed by atoms with Gasteiger partial charge in [-0.2, -0.15) is 5.10 Å². The number of rotatable bonds is 3. The van der Waals surface area contributed by atoms with Gasteiger partial charge in [-0.3, -0.25) is 4.68 Å². The number of nitrogens with one attached hydrogen (secondary N) is 1. The number of benzene rings is 1. The van der Waals surface area contributed by atoms with E-state index in [9.17, 15) is 8.78 Å². The van der Waals surface area contributed by atoms with Crippen LogP contribution in [0.5, 0.6) is 0 Å². The Morgan fingerprint density at radius 3 is 2.53 bits per heavy atom. The summed E-state index contributed by atoms with van der Waals surface area (Å²) < 4.78 is 28.6. The maximum atomic E-state index is 13.5. The monoisotopic (exact) mass is 238 g/mol. The maximum absolute atomic E-state index is 13.5. The van der Waals surface area contributed by atoms with Gasteiger partial charge in [0.2, 0.25) is 0 Å². The molecule has 0 spiro atoms. The largest absolute Gasteiger partial charge is 0.399 e. The average molecular weight is 238 g/mol. The molecule has 90 valence electrons. The zero-order valence-corrected chi connectivity index (χ0v) is 9.24. The van der Waals surface area contributed by atoms with Crippen molar-refractivity contribution >= 4 is 17.2 Å². The van der Waals surface area contributed by atoms with E-state index in [1.165, 1.54) is 0 Å². The Bertz CT molecular complexity index is 513. The molecule has 0 aliphatic carbocycles. The molecular weight excluding hydrogens is 226 g/mol. The molecule has 0 aliphatic rings. The predicted octanol–water partition coefficient (Wildman–Crippen LogP) is 2.51. The van der Waals surface area contributed by atoms with Crippen LogP contribution in [-0.4, -0.2) is 9.78 Å². The van der Waals surface area contributed by atoms with E-state index in [2.05, 4.69) is 10.4 Å². The van der Waals surface area contributed by atoms with Crippen LogP contribution in [0.2, 0.25) is 0 Å². The van der Waals surface area contributed by atoms with Crippen molar-refractivity contribution in [3.8, 4) is 0 Å². The minimum absolute atomic E-state index is 0.0460. The quantitative estimate of drug-likeness (QED) is 0.808. The normalized spacial score (nSPS) is 10.5. The molecule has 3 N–H and O–H groups in total. The van der Waals surface area contributed by atoms with Crippen molar-refractivity contribution in [1.82, 2.24) is 9.78 Å². The van der Waals surface area contributed by atoms with Crippen LogP contribution in [0.15, 0.2) is 24.4 Å². The number of hydrogen-bond donors (Lipinski definition) is 2. The lowest BCUT2D eigenvalue weighted by Crippen LogP contribution is -2.01. The third-order valence-corrected chi connectivity index (χ3v) is 2.28. The van der Waals surface area contributed by atoms with Gasteiger partial charge in [0.1, 0.15) is 5.69 Å². The van der Waals surface area contributed by atoms with Gasteiger partial charge in [-0.25, -0.2) is 8.78 Å². The standard InChI is InChI=1S/C11H12F2N4/c1-2-17-4-3-10(16-17)15-11-8(12)5-7(14)6-9(11)13/h3-6H,2,14H2,1H3,(H,15,16). The molecule has 0 aliphatic heterocycles. The van der Waals surface area contributed by atoms with Gasteiger partial charge in [-0.1, -0.05) is 0 Å². The van der Waals surface area contributed by atoms with Crippen molar-refractivity contribution in [1.29, 1.82) is 0 Å². The highest BCUT2D eigenvalue weighted by atomic mass is 19.1. The predicted molar refractivity (Wildman–Crippen MR) is 62.0 cm³/mol. The Morgan fingerprint density at radius 2 is 2.00 bits per heavy atom. The molecule has 0 fully saturated rings. The minimum Gasteiger partial charge on any atom is -0.399 e. The Balaban J connectivity index is 2.29. The molecule has 0 bridgehead atoms. The highest BCUT2D eigenvalue weighted by Gasteiger charge is 2.11. The average Bonchev–Trinajstić information content (AvgIpc) is 2.71. The second kappa shape index (κ2) is 4.40. The van der Waals surface area contributed by atoms with E-state index in [1.54, 1.807) is 16.9 Å². The lowest BCUT2D eigenvalue weighted by atomic mass is 10.2. The van der Waals surface area contributed by atoms with Crippen LogP contribution in [0.4, 0.5) is 26.0 Å². The zero-order chi connectivity index (χ0) is 12.4. The molecule has 1 heterocycles. The highest BCUT2D eigenvalue weighted by molar-refractivity contribution is 5.60. The van der Waals surface area contributed by atoms with E-state index >= 15 is 0 Å². The first-order chi connectivity index (χ1) is 8.10. The van der Waals surface area contributed by atoms with Crippen LogP contribution in [-0.2, 0) is 6.54 Å². The number of halogens is 2. The van der Waals surface area contributed by atoms with Gasteiger partial charge < -0.3 is 11.1 Å². The van der Waals surface area contributed by atoms with Gasteiger partial charge in [0.25, 0.3) is 0 Å². The van der Waals surface area contributed by atoms with Crippen LogP contribution >= 0.6 is 0 Å². The van der Waals surface area contributed by atoms with Crippen LogP contribution in [0.25, 0.3) is 0 Å². The molecule has 0 saturated heterocycles. The van der Waals surface area contributed by atoms with Gasteiger partial charge in [0.05, 0.1) is 0 Å². The maximum Gasteiger partial charge on any atom is 0.152 e. The number of nitrogens with two attached hydrogens (primary N) is 1. The van der Waals surface area contributed by atoms with E-state index < -0.39 is 11.6 Å². The number of aromatic nitrogens is 2. The molecule has 2 aromatic rings. The van der Waals surface area contributed by atoms with Crippen LogP contribution in [0, 0.1) is 11.6 Å². The summed E-state index contributed by atoms with van der Waals surface area (Å²) in [6.45, 7) is 2.61. The highest BCUT2D eigenvalue weighted by Crippen LogP contribution is 2.24. The van der Waals surface area contributed by atoms with Gasteiger partial charge in [0, 0.05) is 24.5 Å². The summed E-state index contributed by atoms with van der Waals surface area (Å²) in [5, 5.41) is 6.65. The minimum atomic E-state index is -0.742. The summed E-state index contributed by atoms with van der Waals surface area (Å²) in [4.78, 5) is 0. The number of anilines is 3. The Hall–Kier alpha value is -2.11. The lowest BCUT2D eigenvalue weighted by molar-refractivity contribution is 0.591. The van der Waals surface area contributed by atoms with Crippen molar-refractivity contribution in [2.24, 2.45) is 0 Å². The van der Waals surface area contributed by atoms with Gasteiger partial charge in [-0.15, -0.1) is 0 Å². The van der Waals surface area contributed by atoms with Crippen molar-refractivity contribution in [2.75, 3.05) is 11.1 Å². The summed E-state index contributed by atoms with van der Waals surface area (Å²) in [5.74, 6) is -1.10. The van der Waals surface area contributed by atoms with Crippen LogP contribution in [0.1, 0.15) is 6.92 Å². The molecule has 1 aromatic heterocycles. The number of nitrogen functional groups attached to an aromatic ring is 1. The van der Waals surface area contributed by atoms with Gasteiger partial charge in [-0.05, 0) is 19.1 Å². The first-order valence-electron chi connectivity index (χ1n) is 5.15. The molecule has 2 rings (SSSR count). The Labute approximate surface area is 97.0 Å². The molecule has 0 saturated carbocycles. The van der Waals surface area contributed by atoms with E-state index in [1.807, 2.05) is 6.92 Å². The molecule has 1 aromatic carbocycles. The van der Waals surface area contributed by atoms with Gasteiger partial charge in [0.15, 0.2) is 17.5 Å². The van der Waals surface area contributed by atoms with Gasteiger partial charge >= 0.3 is 0 Å². The van der Waals surface area contributed by atoms with Crippen molar-refractivity contribution < 1.29 is 8.78 Å². The van der Waals surface area contributed by atoms with Crippen LogP contribution < -0.4 is 11.1 Å². The first kappa shape index (κ1) is 11.4. The molecule has 0 radical (unpaired) electrons. The molecule has 0 amide bonds. The number of nitrogens with zero attached hydrogens (tertiary/aromatic N) is 2. The molecule has 0 atom stereocenters. The Morgan fingerprint density at radius 1 is 1.35 bits per heavy atom. The van der Waals surface area contributed by atoms with E-state index in [-0.39, 0.29) is 11.4 Å². The zero-order valence-electron chi connectivity index (χ0n) is 9.24. The number of hydrogen-bond acceptors (Lipinski definition) is 3. The van der Waals surface area contributed by atoms with Crippen LogP contribution in [0.3, 0.4) is 0 Å². The first-order valence-corrected chi connectivity index (χ1v) is 5.15. The summed E-state index contributed by atoms with van der Waals surface area (Å²) >= 11 is 0. The smallest absolute Gasteiger partial charge is 0.152 e. The fourth-order valence-corrected chi connectivity index (χ4v) is 1.44. The summed E-state index contributed by atoms with van der Waals surface area (Å²) in [6.07, 6.45) is 1.72. The molecular formula is C11H12F2N4. The topological polar surface area (TPSA) is 55.9 Å². The molecule has 17 heavy (non-hydrogen) atoms. The second-order valence-corrected chi connectivity index (χ2v) is 3.54. The van der Waals surface area contributed by atoms with E-state index in [0.29, 0.717) is 12.4 Å². The lowest BCUT2D eigenvalue weighted by Gasteiger charge is -2.06. The van der Waals surface area contributed by atoms with E-state index in [4.69, 9.17) is 5.73 Å². The fraction of sp³-hybridized carbons (Fsp3) is 0.182. The second-order valence-electron chi connectivity index (χ2n) is 3.54. The van der Waals surface area contributed by atoms with Crippen molar-refractivity contribution in [3.05, 3.63) is 36.0 Å². The third-order valence-electron chi connectivity index (χ3n) is 2.28. The summed E-state index contributed by atoms with van der Waals surface area (Å²) in [6, 6.07) is 3.75. The Kier molecular flexibility index (Phi) is 2.95. The van der Waals surface area contributed by atoms with E-state index in [0.717, 1.165) is 12.1 Å². The SMILES string of the molecule is CCn1ccc(Nc2c(F)cc(N)cc2F)n1. The third kappa shape index (κ3) is 2.35. The van der Waals surface area contributed by atoms with Crippen molar-refractivity contribution in [2.45, 2.75) is 13.5 Å². The molecule has 4 nitrogen and oxygen atoms in total. The number of aryl methyl sites for hydroxylation is 1. The molecule has 6 heteroatoms. The summed E-state index contributed by atoms with van der Waals surface area (Å²) in [5.41, 5.74) is 5.12. The fourth-order valence-electron chi connectivity index (χ4n) is 1.44. The molecule has 0 unspecified atom stereocenters.